The third kappa shape index (κ3) is 4.39. The Morgan fingerprint density at radius 1 is 1.36 bits per heavy atom. The van der Waals surface area contributed by atoms with E-state index in [1.54, 1.807) is 13.2 Å². The summed E-state index contributed by atoms with van der Waals surface area (Å²) in [5.74, 6) is 0.897. The molecule has 0 aromatic carbocycles. The number of ether oxygens (including phenoxy) is 1. The van der Waals surface area contributed by atoms with Gasteiger partial charge in [0.2, 0.25) is 0 Å². The Morgan fingerprint density at radius 3 is 2.59 bits per heavy atom. The molecular formula is C14H24N4O3S. The van der Waals surface area contributed by atoms with Crippen LogP contribution >= 0.6 is 0 Å². The van der Waals surface area contributed by atoms with Crippen molar-refractivity contribution >= 4 is 16.0 Å². The minimum absolute atomic E-state index is 0.0840. The van der Waals surface area contributed by atoms with E-state index in [4.69, 9.17) is 4.74 Å². The largest absolute Gasteiger partial charge is 0.378 e. The first kappa shape index (κ1) is 17.1. The van der Waals surface area contributed by atoms with Crippen LogP contribution in [0.2, 0.25) is 0 Å². The number of hydrogen-bond acceptors (Lipinski definition) is 5. The number of anilines is 1. The van der Waals surface area contributed by atoms with Gasteiger partial charge in [-0.1, -0.05) is 6.07 Å². The number of hydrogen-bond donors (Lipinski definition) is 1. The fourth-order valence-corrected chi connectivity index (χ4v) is 3.16. The molecule has 124 valence electrons. The lowest BCUT2D eigenvalue weighted by atomic mass is 10.3. The van der Waals surface area contributed by atoms with Crippen LogP contribution in [-0.2, 0) is 21.5 Å². The van der Waals surface area contributed by atoms with Gasteiger partial charge in [0.25, 0.3) is 10.2 Å². The van der Waals surface area contributed by atoms with Crippen molar-refractivity contribution in [2.75, 3.05) is 38.3 Å². The summed E-state index contributed by atoms with van der Waals surface area (Å²) in [7, 11) is -1.90. The zero-order valence-electron chi connectivity index (χ0n) is 13.3. The average Bonchev–Trinajstić information content (AvgIpc) is 2.53. The van der Waals surface area contributed by atoms with Gasteiger partial charge in [-0.2, -0.15) is 17.4 Å². The molecule has 1 aliphatic heterocycles. The zero-order chi connectivity index (χ0) is 16.2. The van der Waals surface area contributed by atoms with Crippen molar-refractivity contribution in [3.63, 3.8) is 0 Å². The molecule has 1 saturated heterocycles. The molecule has 1 aliphatic rings. The van der Waals surface area contributed by atoms with Gasteiger partial charge in [0.15, 0.2) is 0 Å². The number of pyridine rings is 1. The Morgan fingerprint density at radius 2 is 2.05 bits per heavy atom. The maximum Gasteiger partial charge on any atom is 0.279 e. The number of aromatic nitrogens is 1. The highest BCUT2D eigenvalue weighted by atomic mass is 32.2. The molecule has 0 aliphatic carbocycles. The van der Waals surface area contributed by atoms with Crippen molar-refractivity contribution in [3.8, 4) is 0 Å². The molecule has 1 fully saturated rings. The van der Waals surface area contributed by atoms with Crippen molar-refractivity contribution in [2.45, 2.75) is 26.4 Å². The Kier molecular flexibility index (Phi) is 5.74. The highest BCUT2D eigenvalue weighted by molar-refractivity contribution is 7.87. The third-order valence-corrected chi connectivity index (χ3v) is 5.40. The number of nitrogens with one attached hydrogen (secondary N) is 1. The molecule has 1 aromatic rings. The maximum absolute atomic E-state index is 12.0. The van der Waals surface area contributed by atoms with Gasteiger partial charge >= 0.3 is 0 Å². The lowest BCUT2D eigenvalue weighted by Crippen LogP contribution is -2.41. The van der Waals surface area contributed by atoms with Gasteiger partial charge in [-0.15, -0.1) is 0 Å². The first-order chi connectivity index (χ1) is 10.4. The second kappa shape index (κ2) is 7.36. The number of rotatable bonds is 6. The van der Waals surface area contributed by atoms with E-state index in [-0.39, 0.29) is 12.6 Å². The predicted octanol–water partition coefficient (Wildman–Crippen LogP) is 0.593. The van der Waals surface area contributed by atoms with E-state index in [1.807, 2.05) is 26.0 Å². The fraction of sp³-hybridized carbons (Fsp3) is 0.643. The summed E-state index contributed by atoms with van der Waals surface area (Å²) in [6.07, 6.45) is 1.71. The monoisotopic (exact) mass is 328 g/mol. The van der Waals surface area contributed by atoms with E-state index < -0.39 is 10.2 Å². The van der Waals surface area contributed by atoms with Crippen molar-refractivity contribution in [3.05, 3.63) is 23.9 Å². The van der Waals surface area contributed by atoms with Gasteiger partial charge in [-0.05, 0) is 25.5 Å². The summed E-state index contributed by atoms with van der Waals surface area (Å²) in [6, 6.07) is 3.73. The summed E-state index contributed by atoms with van der Waals surface area (Å²) < 4.78 is 33.3. The summed E-state index contributed by atoms with van der Waals surface area (Å²) in [5.41, 5.74) is 0.831. The van der Waals surface area contributed by atoms with Crippen LogP contribution < -0.4 is 9.62 Å². The highest BCUT2D eigenvalue weighted by Crippen LogP contribution is 2.13. The molecule has 0 amide bonds. The van der Waals surface area contributed by atoms with Gasteiger partial charge in [-0.3, -0.25) is 0 Å². The van der Waals surface area contributed by atoms with Gasteiger partial charge in [0.1, 0.15) is 5.82 Å². The molecule has 0 bridgehead atoms. The molecule has 2 heterocycles. The molecule has 22 heavy (non-hydrogen) atoms. The molecule has 8 heteroatoms. The topological polar surface area (TPSA) is 74.8 Å². The van der Waals surface area contributed by atoms with Crippen molar-refractivity contribution in [1.82, 2.24) is 14.0 Å². The lowest BCUT2D eigenvalue weighted by Gasteiger charge is -2.27. The Balaban J connectivity index is 1.94. The summed E-state index contributed by atoms with van der Waals surface area (Å²) in [4.78, 5) is 6.56. The van der Waals surface area contributed by atoms with E-state index in [0.717, 1.165) is 24.5 Å². The van der Waals surface area contributed by atoms with Gasteiger partial charge in [0.05, 0.1) is 13.2 Å². The van der Waals surface area contributed by atoms with Crippen LogP contribution in [0.1, 0.15) is 19.4 Å². The molecule has 1 aromatic heterocycles. The predicted molar refractivity (Wildman–Crippen MR) is 85.9 cm³/mol. The van der Waals surface area contributed by atoms with Crippen LogP contribution in [0.15, 0.2) is 18.3 Å². The Bertz CT molecular complexity index is 568. The normalized spacial score (nSPS) is 16.5. The maximum atomic E-state index is 12.0. The van der Waals surface area contributed by atoms with Crippen molar-refractivity contribution in [1.29, 1.82) is 0 Å². The van der Waals surface area contributed by atoms with Crippen LogP contribution in [0, 0.1) is 0 Å². The third-order valence-electron chi connectivity index (χ3n) is 3.71. The first-order valence-electron chi connectivity index (χ1n) is 7.40. The zero-order valence-corrected chi connectivity index (χ0v) is 14.1. The second-order valence-corrected chi connectivity index (χ2v) is 7.37. The molecule has 7 nitrogen and oxygen atoms in total. The second-order valence-electron chi connectivity index (χ2n) is 5.56. The quantitative estimate of drug-likeness (QED) is 0.827. The molecule has 0 atom stereocenters. The van der Waals surface area contributed by atoms with E-state index in [2.05, 4.69) is 14.6 Å². The number of morpholine rings is 1. The van der Waals surface area contributed by atoms with Gasteiger partial charge < -0.3 is 9.64 Å². The minimum Gasteiger partial charge on any atom is -0.378 e. The standard InChI is InChI=1S/C14H24N4O3S/c1-12(2)17(3)22(19,20)16-11-13-4-5-14(15-10-13)18-6-8-21-9-7-18/h4-5,10,12,16H,6-9,11H2,1-3H3. The molecule has 0 radical (unpaired) electrons. The first-order valence-corrected chi connectivity index (χ1v) is 8.84. The van der Waals surface area contributed by atoms with Gasteiger partial charge in [-0.25, -0.2) is 4.98 Å². The molecule has 0 spiro atoms. The number of nitrogens with zero attached hydrogens (tertiary/aromatic N) is 3. The van der Waals surface area contributed by atoms with E-state index in [0.29, 0.717) is 13.2 Å². The molecular weight excluding hydrogens is 304 g/mol. The summed E-state index contributed by atoms with van der Waals surface area (Å²) >= 11 is 0. The fourth-order valence-electron chi connectivity index (χ4n) is 2.05. The Labute approximate surface area is 132 Å². The van der Waals surface area contributed by atoms with Crippen molar-refractivity contribution < 1.29 is 13.2 Å². The summed E-state index contributed by atoms with van der Waals surface area (Å²) in [6.45, 7) is 6.98. The highest BCUT2D eigenvalue weighted by Gasteiger charge is 2.19. The molecule has 2 rings (SSSR count). The van der Waals surface area contributed by atoms with Crippen molar-refractivity contribution in [2.24, 2.45) is 0 Å². The van der Waals surface area contributed by atoms with Gasteiger partial charge in [0, 0.05) is 38.9 Å². The molecule has 1 N–H and O–H groups in total. The average molecular weight is 328 g/mol. The Hall–Kier alpha value is -1.22. The SMILES string of the molecule is CC(C)N(C)S(=O)(=O)NCc1ccc(N2CCOCC2)nc1. The molecule has 0 unspecified atom stereocenters. The van der Waals surface area contributed by atoms with Crippen LogP contribution in [0.4, 0.5) is 5.82 Å². The molecule has 0 saturated carbocycles. The van der Waals surface area contributed by atoms with Crippen LogP contribution in [0.5, 0.6) is 0 Å². The van der Waals surface area contributed by atoms with Crippen LogP contribution in [0.25, 0.3) is 0 Å². The smallest absolute Gasteiger partial charge is 0.279 e. The van der Waals surface area contributed by atoms with E-state index in [9.17, 15) is 8.42 Å². The summed E-state index contributed by atoms with van der Waals surface area (Å²) in [5, 5.41) is 0. The minimum atomic E-state index is -3.46. The van der Waals surface area contributed by atoms with E-state index >= 15 is 0 Å². The van der Waals surface area contributed by atoms with Crippen LogP contribution in [0.3, 0.4) is 0 Å². The van der Waals surface area contributed by atoms with E-state index in [1.165, 1.54) is 4.31 Å². The lowest BCUT2D eigenvalue weighted by molar-refractivity contribution is 0.122. The van der Waals surface area contributed by atoms with Crippen LogP contribution in [-0.4, -0.2) is 57.1 Å².